The first kappa shape index (κ1) is 14.9. The van der Waals surface area contributed by atoms with E-state index in [9.17, 15) is 9.90 Å². The number of rotatable bonds is 6. The number of hydrogen-bond acceptors (Lipinski definition) is 4. The molecule has 21 heavy (non-hydrogen) atoms. The largest absolute Gasteiger partial charge is 0.497 e. The van der Waals surface area contributed by atoms with Gasteiger partial charge in [0.1, 0.15) is 17.1 Å². The second kappa shape index (κ2) is 6.30. The molecule has 1 heterocycles. The monoisotopic (exact) mass is 289 g/mol. The summed E-state index contributed by atoms with van der Waals surface area (Å²) in [6, 6.07) is 7.80. The van der Waals surface area contributed by atoms with Crippen molar-refractivity contribution in [3.05, 3.63) is 41.1 Å². The Morgan fingerprint density at radius 2 is 2.05 bits per heavy atom. The van der Waals surface area contributed by atoms with Gasteiger partial charge in [0, 0.05) is 13.6 Å². The third-order valence-corrected chi connectivity index (χ3v) is 3.30. The molecule has 6 nitrogen and oxygen atoms in total. The lowest BCUT2D eigenvalue weighted by molar-refractivity contribution is 0.0697. The van der Waals surface area contributed by atoms with Crippen molar-refractivity contribution >= 4 is 11.8 Å². The minimum Gasteiger partial charge on any atom is -0.497 e. The molecule has 1 aromatic heterocycles. The molecule has 0 radical (unpaired) electrons. The Morgan fingerprint density at radius 1 is 1.38 bits per heavy atom. The number of carboxylic acids is 1. The van der Waals surface area contributed by atoms with E-state index in [0.29, 0.717) is 18.1 Å². The summed E-state index contributed by atoms with van der Waals surface area (Å²) < 4.78 is 6.67. The highest BCUT2D eigenvalue weighted by atomic mass is 16.5. The minimum absolute atomic E-state index is 0.229. The molecule has 112 valence electrons. The summed E-state index contributed by atoms with van der Waals surface area (Å²) in [5.41, 5.74) is 1.89. The number of nitrogens with zero attached hydrogens (tertiary/aromatic N) is 2. The van der Waals surface area contributed by atoms with Gasteiger partial charge in [-0.25, -0.2) is 4.79 Å². The minimum atomic E-state index is -0.965. The van der Waals surface area contributed by atoms with Gasteiger partial charge in [0.2, 0.25) is 0 Å². The maximum atomic E-state index is 11.3. The summed E-state index contributed by atoms with van der Waals surface area (Å²) in [6.45, 7) is 2.32. The van der Waals surface area contributed by atoms with Gasteiger partial charge in [0.25, 0.3) is 0 Å². The van der Waals surface area contributed by atoms with E-state index in [-0.39, 0.29) is 5.56 Å². The van der Waals surface area contributed by atoms with Crippen LogP contribution < -0.4 is 10.1 Å². The number of carbonyl (C=O) groups is 1. The number of aromatic nitrogens is 2. The summed E-state index contributed by atoms with van der Waals surface area (Å²) in [5, 5.41) is 16.5. The molecular weight excluding hydrogens is 270 g/mol. The van der Waals surface area contributed by atoms with Crippen LogP contribution >= 0.6 is 0 Å². The van der Waals surface area contributed by atoms with Crippen molar-refractivity contribution in [2.24, 2.45) is 7.05 Å². The molecule has 0 unspecified atom stereocenters. The van der Waals surface area contributed by atoms with Gasteiger partial charge in [0.05, 0.1) is 12.8 Å². The van der Waals surface area contributed by atoms with E-state index in [4.69, 9.17) is 4.74 Å². The molecule has 0 amide bonds. The summed E-state index contributed by atoms with van der Waals surface area (Å²) in [6.07, 6.45) is 0.785. The average Bonchev–Trinajstić information content (AvgIpc) is 2.74. The lowest BCUT2D eigenvalue weighted by Crippen LogP contribution is -2.12. The van der Waals surface area contributed by atoms with Gasteiger partial charge in [-0.2, -0.15) is 5.10 Å². The Bertz CT molecular complexity index is 632. The first-order valence-electron chi connectivity index (χ1n) is 6.66. The van der Waals surface area contributed by atoms with Crippen LogP contribution in [0.5, 0.6) is 5.75 Å². The normalized spacial score (nSPS) is 10.4. The first-order valence-corrected chi connectivity index (χ1v) is 6.66. The van der Waals surface area contributed by atoms with Crippen LogP contribution in [0.4, 0.5) is 5.82 Å². The van der Waals surface area contributed by atoms with Gasteiger partial charge >= 0.3 is 5.97 Å². The molecule has 0 bridgehead atoms. The van der Waals surface area contributed by atoms with Crippen LogP contribution in [0.15, 0.2) is 24.3 Å². The predicted octanol–water partition coefficient (Wildman–Crippen LogP) is 2.09. The second-order valence-corrected chi connectivity index (χ2v) is 4.76. The lowest BCUT2D eigenvalue weighted by atomic mass is 10.1. The Labute approximate surface area is 123 Å². The molecule has 0 aliphatic rings. The maximum Gasteiger partial charge on any atom is 0.341 e. The van der Waals surface area contributed by atoms with Crippen LogP contribution in [0.1, 0.15) is 21.6 Å². The second-order valence-electron chi connectivity index (χ2n) is 4.76. The quantitative estimate of drug-likeness (QED) is 0.851. The molecule has 6 heteroatoms. The molecule has 0 spiro atoms. The molecule has 1 aromatic carbocycles. The number of anilines is 1. The molecule has 0 saturated heterocycles. The molecule has 2 rings (SSSR count). The van der Waals surface area contributed by atoms with Crippen LogP contribution in [0.3, 0.4) is 0 Å². The van der Waals surface area contributed by atoms with Crippen molar-refractivity contribution < 1.29 is 14.6 Å². The number of aromatic carboxylic acids is 1. The zero-order chi connectivity index (χ0) is 15.4. The Morgan fingerprint density at radius 3 is 2.62 bits per heavy atom. The van der Waals surface area contributed by atoms with Gasteiger partial charge in [-0.05, 0) is 31.0 Å². The van der Waals surface area contributed by atoms with E-state index in [2.05, 4.69) is 10.4 Å². The van der Waals surface area contributed by atoms with Crippen LogP contribution in [-0.2, 0) is 13.5 Å². The number of aryl methyl sites for hydroxylation is 2. The van der Waals surface area contributed by atoms with E-state index < -0.39 is 5.97 Å². The van der Waals surface area contributed by atoms with E-state index in [1.165, 1.54) is 0 Å². The maximum absolute atomic E-state index is 11.3. The third-order valence-electron chi connectivity index (χ3n) is 3.30. The van der Waals surface area contributed by atoms with Crippen molar-refractivity contribution in [2.45, 2.75) is 13.3 Å². The van der Waals surface area contributed by atoms with Crippen LogP contribution in [0.2, 0.25) is 0 Å². The van der Waals surface area contributed by atoms with Gasteiger partial charge < -0.3 is 15.2 Å². The number of ether oxygens (including phenoxy) is 1. The smallest absolute Gasteiger partial charge is 0.341 e. The van der Waals surface area contributed by atoms with Crippen molar-refractivity contribution in [2.75, 3.05) is 19.0 Å². The molecule has 0 aliphatic carbocycles. The lowest BCUT2D eigenvalue weighted by Gasteiger charge is -2.08. The van der Waals surface area contributed by atoms with E-state index in [1.807, 2.05) is 24.3 Å². The van der Waals surface area contributed by atoms with E-state index in [0.717, 1.165) is 17.7 Å². The standard InChI is InChI=1S/C15H19N3O3/c1-10-13(15(19)20)14(18(2)17-10)16-9-8-11-4-6-12(21-3)7-5-11/h4-7,16H,8-9H2,1-3H3,(H,19,20). The van der Waals surface area contributed by atoms with Gasteiger partial charge in [-0.1, -0.05) is 12.1 Å². The molecule has 0 saturated carbocycles. The van der Waals surface area contributed by atoms with Gasteiger partial charge in [0.15, 0.2) is 0 Å². The molecule has 2 N–H and O–H groups in total. The van der Waals surface area contributed by atoms with Gasteiger partial charge in [-0.15, -0.1) is 0 Å². The Balaban J connectivity index is 2.01. The summed E-state index contributed by atoms with van der Waals surface area (Å²) in [5.74, 6) is 0.392. The molecule has 0 atom stereocenters. The highest BCUT2D eigenvalue weighted by Crippen LogP contribution is 2.19. The van der Waals surface area contributed by atoms with Crippen LogP contribution in [0, 0.1) is 6.92 Å². The third kappa shape index (κ3) is 3.34. The molecular formula is C15H19N3O3. The number of benzene rings is 1. The Kier molecular flexibility index (Phi) is 4.47. The Hall–Kier alpha value is -2.50. The summed E-state index contributed by atoms with van der Waals surface area (Å²) in [4.78, 5) is 11.3. The fraction of sp³-hybridized carbons (Fsp3) is 0.333. The van der Waals surface area contributed by atoms with Crippen molar-refractivity contribution in [3.63, 3.8) is 0 Å². The van der Waals surface area contributed by atoms with Crippen molar-refractivity contribution in [3.8, 4) is 5.75 Å². The highest BCUT2D eigenvalue weighted by molar-refractivity contribution is 5.94. The summed E-state index contributed by atoms with van der Waals surface area (Å²) >= 11 is 0. The number of hydrogen-bond donors (Lipinski definition) is 2. The first-order chi connectivity index (χ1) is 10.0. The average molecular weight is 289 g/mol. The van der Waals surface area contributed by atoms with E-state index in [1.54, 1.807) is 25.8 Å². The zero-order valence-corrected chi connectivity index (χ0v) is 12.4. The molecule has 0 fully saturated rings. The fourth-order valence-corrected chi connectivity index (χ4v) is 2.23. The van der Waals surface area contributed by atoms with Crippen molar-refractivity contribution in [1.29, 1.82) is 0 Å². The summed E-state index contributed by atoms with van der Waals surface area (Å²) in [7, 11) is 3.36. The molecule has 0 aliphatic heterocycles. The van der Waals surface area contributed by atoms with Crippen molar-refractivity contribution in [1.82, 2.24) is 9.78 Å². The fourth-order valence-electron chi connectivity index (χ4n) is 2.23. The highest BCUT2D eigenvalue weighted by Gasteiger charge is 2.18. The topological polar surface area (TPSA) is 76.4 Å². The molecule has 2 aromatic rings. The number of carboxylic acid groups (broad SMARTS) is 1. The number of nitrogens with one attached hydrogen (secondary N) is 1. The van der Waals surface area contributed by atoms with Crippen LogP contribution in [-0.4, -0.2) is 34.5 Å². The SMILES string of the molecule is COc1ccc(CCNc2c(C(=O)O)c(C)nn2C)cc1. The predicted molar refractivity (Wildman–Crippen MR) is 80.1 cm³/mol. The number of methoxy groups -OCH3 is 1. The van der Waals surface area contributed by atoms with E-state index >= 15 is 0 Å². The van der Waals surface area contributed by atoms with Crippen LogP contribution in [0.25, 0.3) is 0 Å². The van der Waals surface area contributed by atoms with Gasteiger partial charge in [-0.3, -0.25) is 4.68 Å². The zero-order valence-electron chi connectivity index (χ0n) is 12.4.